The topological polar surface area (TPSA) is 32.6 Å². The molecule has 2 aromatic rings. The predicted octanol–water partition coefficient (Wildman–Crippen LogP) is 1.49. The van der Waals surface area contributed by atoms with E-state index < -0.39 is 0 Å². The summed E-state index contributed by atoms with van der Waals surface area (Å²) in [6.45, 7) is 4.06. The quantitative estimate of drug-likeness (QED) is 0.820. The van der Waals surface area contributed by atoms with Crippen molar-refractivity contribution in [2.45, 2.75) is 18.8 Å². The van der Waals surface area contributed by atoms with Crippen LogP contribution in [0.5, 0.6) is 0 Å². The number of thiazole rings is 1. The fraction of sp³-hybridized carbons (Fsp3) is 0.529. The molecule has 3 rings (SSSR count). The number of nitrogens with one attached hydrogen (secondary N) is 2. The van der Waals surface area contributed by atoms with E-state index >= 15 is 0 Å². The molecule has 23 heavy (non-hydrogen) atoms. The maximum absolute atomic E-state index is 5.58. The van der Waals surface area contributed by atoms with Crippen molar-refractivity contribution in [3.63, 3.8) is 0 Å². The molecule has 1 aromatic carbocycles. The molecule has 124 valence electrons. The van der Waals surface area contributed by atoms with Crippen molar-refractivity contribution in [1.29, 1.82) is 0 Å². The molecular weight excluding hydrogens is 324 g/mol. The van der Waals surface area contributed by atoms with Crippen LogP contribution in [0.25, 0.3) is 10.2 Å². The number of hydrogen-bond acceptors (Lipinski definition) is 3. The van der Waals surface area contributed by atoms with Crippen LogP contribution in [0.3, 0.4) is 0 Å². The highest BCUT2D eigenvalue weighted by Crippen LogP contribution is 2.32. The number of likely N-dealkylation sites (N-methyl/N-ethyl adjacent to an activating group) is 1. The zero-order valence-electron chi connectivity index (χ0n) is 13.8. The third kappa shape index (κ3) is 4.19. The van der Waals surface area contributed by atoms with Crippen LogP contribution in [0.1, 0.15) is 23.8 Å². The second kappa shape index (κ2) is 7.55. The first-order valence-electron chi connectivity index (χ1n) is 8.31. The maximum atomic E-state index is 5.58. The Balaban J connectivity index is 1.62. The normalized spacial score (nSPS) is 18.6. The van der Waals surface area contributed by atoms with Crippen LogP contribution < -0.4 is 10.2 Å². The molecule has 0 amide bonds. The molecule has 1 aromatic heterocycles. The molecule has 1 fully saturated rings. The van der Waals surface area contributed by atoms with Crippen molar-refractivity contribution in [3.05, 3.63) is 29.3 Å². The van der Waals surface area contributed by atoms with Crippen LogP contribution in [0.4, 0.5) is 0 Å². The van der Waals surface area contributed by atoms with Crippen molar-refractivity contribution >= 4 is 38.9 Å². The third-order valence-corrected chi connectivity index (χ3v) is 5.87. The van der Waals surface area contributed by atoms with Gasteiger partial charge in [0.05, 0.1) is 42.4 Å². The Morgan fingerprint density at radius 1 is 1.43 bits per heavy atom. The average Bonchev–Trinajstić information content (AvgIpc) is 2.98. The number of thiocarbonyl (C=S) groups is 1. The smallest absolute Gasteiger partial charge is 0.169 e. The zero-order chi connectivity index (χ0) is 16.2. The molecule has 2 N–H and O–H groups in total. The summed E-state index contributed by atoms with van der Waals surface area (Å²) >= 11 is 7.42. The number of likely N-dealkylation sites (tertiary alicyclic amines) is 1. The van der Waals surface area contributed by atoms with Crippen molar-refractivity contribution in [1.82, 2.24) is 15.2 Å². The number of rotatable bonds is 4. The molecule has 1 aliphatic heterocycles. The number of quaternary nitrogens is 1. The first kappa shape index (κ1) is 16.6. The summed E-state index contributed by atoms with van der Waals surface area (Å²) in [5.41, 5.74) is 1.12. The zero-order valence-corrected chi connectivity index (χ0v) is 15.5. The summed E-state index contributed by atoms with van der Waals surface area (Å²) in [5, 5.41) is 5.56. The summed E-state index contributed by atoms with van der Waals surface area (Å²) in [7, 11) is 4.32. The second-order valence-corrected chi connectivity index (χ2v) is 7.94. The van der Waals surface area contributed by atoms with Gasteiger partial charge in [-0.15, -0.1) is 11.3 Å². The second-order valence-electron chi connectivity index (χ2n) is 6.49. The monoisotopic (exact) mass is 349 g/mol. The molecule has 0 saturated carbocycles. The van der Waals surface area contributed by atoms with Gasteiger partial charge in [-0.2, -0.15) is 0 Å². The number of piperidine rings is 1. The summed E-state index contributed by atoms with van der Waals surface area (Å²) in [6, 6.07) is 8.41. The van der Waals surface area contributed by atoms with E-state index in [0.29, 0.717) is 5.92 Å². The van der Waals surface area contributed by atoms with Gasteiger partial charge >= 0.3 is 0 Å². The van der Waals surface area contributed by atoms with Gasteiger partial charge < -0.3 is 15.1 Å². The highest BCUT2D eigenvalue weighted by atomic mass is 32.1. The fourth-order valence-corrected chi connectivity index (χ4v) is 4.32. The largest absolute Gasteiger partial charge is 0.357 e. The van der Waals surface area contributed by atoms with E-state index in [2.05, 4.69) is 48.6 Å². The van der Waals surface area contributed by atoms with Crippen molar-refractivity contribution in [2.24, 2.45) is 0 Å². The molecule has 1 atom stereocenters. The van der Waals surface area contributed by atoms with E-state index in [-0.39, 0.29) is 0 Å². The van der Waals surface area contributed by atoms with Gasteiger partial charge in [0.15, 0.2) is 5.11 Å². The van der Waals surface area contributed by atoms with Gasteiger partial charge in [0.2, 0.25) is 0 Å². The van der Waals surface area contributed by atoms with Crippen molar-refractivity contribution in [2.75, 3.05) is 40.3 Å². The molecule has 0 bridgehead atoms. The Labute approximate surface area is 147 Å². The molecule has 6 heteroatoms. The van der Waals surface area contributed by atoms with E-state index in [9.17, 15) is 0 Å². The summed E-state index contributed by atoms with van der Waals surface area (Å²) in [6.07, 6.45) is 2.39. The lowest BCUT2D eigenvalue weighted by molar-refractivity contribution is -0.856. The van der Waals surface area contributed by atoms with Crippen LogP contribution in [-0.2, 0) is 0 Å². The molecular formula is C17H25N4S2+. The van der Waals surface area contributed by atoms with E-state index in [1.54, 1.807) is 0 Å². The highest BCUT2D eigenvalue weighted by molar-refractivity contribution is 7.80. The van der Waals surface area contributed by atoms with Gasteiger partial charge in [0, 0.05) is 19.0 Å². The number of fused-ring (bicyclic) bond motifs is 1. The van der Waals surface area contributed by atoms with Gasteiger partial charge in [0.1, 0.15) is 0 Å². The van der Waals surface area contributed by atoms with Crippen LogP contribution >= 0.6 is 23.6 Å². The minimum Gasteiger partial charge on any atom is -0.357 e. The van der Waals surface area contributed by atoms with E-state index in [1.807, 2.05) is 11.3 Å². The highest BCUT2D eigenvalue weighted by Gasteiger charge is 2.25. The van der Waals surface area contributed by atoms with Gasteiger partial charge in [-0.25, -0.2) is 4.98 Å². The number of para-hydroxylation sites is 1. The Hall–Kier alpha value is -1.24. The SMILES string of the molecule is C[NH+](C)CCNC(=S)N1CCC[C@H](c2nc3ccccc3s2)C1. The summed E-state index contributed by atoms with van der Waals surface area (Å²) in [5.74, 6) is 0.500. The molecule has 1 saturated heterocycles. The lowest BCUT2D eigenvalue weighted by Crippen LogP contribution is -3.06. The number of hydrogen-bond donors (Lipinski definition) is 2. The Kier molecular flexibility index (Phi) is 5.46. The first-order valence-corrected chi connectivity index (χ1v) is 9.53. The van der Waals surface area contributed by atoms with Gasteiger partial charge in [0.25, 0.3) is 0 Å². The standard InChI is InChI=1S/C17H24N4S2/c1-20(2)11-9-18-17(22)21-10-5-6-13(12-21)16-19-14-7-3-4-8-15(14)23-16/h3-4,7-8,13H,5-6,9-12H2,1-2H3,(H,18,22)/p+1/t13-/m0/s1. The minimum atomic E-state index is 0.500. The van der Waals surface area contributed by atoms with E-state index in [4.69, 9.17) is 17.2 Å². The van der Waals surface area contributed by atoms with Crippen LogP contribution in [0.2, 0.25) is 0 Å². The van der Waals surface area contributed by atoms with Gasteiger partial charge in [-0.1, -0.05) is 12.1 Å². The van der Waals surface area contributed by atoms with Crippen LogP contribution in [0, 0.1) is 0 Å². The molecule has 0 unspecified atom stereocenters. The average molecular weight is 350 g/mol. The Morgan fingerprint density at radius 3 is 3.04 bits per heavy atom. The predicted molar refractivity (Wildman–Crippen MR) is 101 cm³/mol. The molecule has 4 nitrogen and oxygen atoms in total. The summed E-state index contributed by atoms with van der Waals surface area (Å²) in [4.78, 5) is 8.60. The minimum absolute atomic E-state index is 0.500. The molecule has 0 spiro atoms. The Morgan fingerprint density at radius 2 is 2.26 bits per heavy atom. The number of benzene rings is 1. The number of aromatic nitrogens is 1. The molecule has 0 aliphatic carbocycles. The van der Waals surface area contributed by atoms with Crippen LogP contribution in [0.15, 0.2) is 24.3 Å². The number of nitrogens with zero attached hydrogens (tertiary/aromatic N) is 2. The molecule has 2 heterocycles. The third-order valence-electron chi connectivity index (χ3n) is 4.27. The molecule has 0 radical (unpaired) electrons. The fourth-order valence-electron chi connectivity index (χ4n) is 2.96. The Bertz CT molecular complexity index is 634. The van der Waals surface area contributed by atoms with Crippen LogP contribution in [-0.4, -0.2) is 55.3 Å². The summed E-state index contributed by atoms with van der Waals surface area (Å²) < 4.78 is 1.29. The van der Waals surface area contributed by atoms with Crippen molar-refractivity contribution < 1.29 is 4.90 Å². The van der Waals surface area contributed by atoms with Gasteiger partial charge in [-0.05, 0) is 37.2 Å². The molecule has 1 aliphatic rings. The maximum Gasteiger partial charge on any atom is 0.169 e. The lowest BCUT2D eigenvalue weighted by atomic mass is 9.99. The van der Waals surface area contributed by atoms with Crippen molar-refractivity contribution in [3.8, 4) is 0 Å². The van der Waals surface area contributed by atoms with Gasteiger partial charge in [-0.3, -0.25) is 0 Å². The van der Waals surface area contributed by atoms with E-state index in [1.165, 1.54) is 27.4 Å². The van der Waals surface area contributed by atoms with E-state index in [0.717, 1.165) is 36.8 Å². The first-order chi connectivity index (χ1) is 11.1. The lowest BCUT2D eigenvalue weighted by Gasteiger charge is -2.33.